The van der Waals surface area contributed by atoms with Crippen LogP contribution in [0.3, 0.4) is 0 Å². The van der Waals surface area contributed by atoms with Crippen molar-refractivity contribution >= 4 is 15.9 Å². The molecule has 0 amide bonds. The van der Waals surface area contributed by atoms with Gasteiger partial charge >= 0.3 is 0 Å². The molecule has 108 valence electrons. The summed E-state index contributed by atoms with van der Waals surface area (Å²) in [5.74, 6) is 0.269. The quantitative estimate of drug-likeness (QED) is 0.807. The van der Waals surface area contributed by atoms with Gasteiger partial charge in [-0.05, 0) is 44.9 Å². The Morgan fingerprint density at radius 1 is 1.45 bits per heavy atom. The average molecular weight is 344 g/mol. The number of methoxy groups -OCH3 is 1. The lowest BCUT2D eigenvalue weighted by molar-refractivity contribution is 0.199. The molecule has 1 aromatic carbocycles. The average Bonchev–Trinajstić information content (AvgIpc) is 2.87. The van der Waals surface area contributed by atoms with Gasteiger partial charge in [-0.3, -0.25) is 0 Å². The molecule has 1 aromatic heterocycles. The zero-order chi connectivity index (χ0) is 14.5. The van der Waals surface area contributed by atoms with Crippen LogP contribution in [0.1, 0.15) is 11.4 Å². The third-order valence-electron chi connectivity index (χ3n) is 2.77. The number of aryl methyl sites for hydroxylation is 1. The molecule has 0 saturated carbocycles. The highest BCUT2D eigenvalue weighted by Gasteiger charge is 2.12. The lowest BCUT2D eigenvalue weighted by atomic mass is 10.2. The molecule has 0 bridgehead atoms. The standard InChI is InChI=1S/C12H15BrFN5O/c1-8-5-9(13)10(14)6-11(8)19-12(16-17-18-19)7-15-3-4-20-2/h5-6,15H,3-4,7H2,1-2H3. The van der Waals surface area contributed by atoms with Crippen LogP contribution in [0.25, 0.3) is 5.69 Å². The van der Waals surface area contributed by atoms with E-state index >= 15 is 0 Å². The summed E-state index contributed by atoms with van der Waals surface area (Å²) in [4.78, 5) is 0. The van der Waals surface area contributed by atoms with E-state index in [-0.39, 0.29) is 5.82 Å². The van der Waals surface area contributed by atoms with Crippen LogP contribution in [0.2, 0.25) is 0 Å². The minimum atomic E-state index is -0.348. The maximum atomic E-state index is 13.7. The van der Waals surface area contributed by atoms with E-state index in [1.807, 2.05) is 6.92 Å². The number of rotatable bonds is 6. The summed E-state index contributed by atoms with van der Waals surface area (Å²) in [6, 6.07) is 3.11. The number of hydrogen-bond acceptors (Lipinski definition) is 5. The third kappa shape index (κ3) is 3.38. The predicted octanol–water partition coefficient (Wildman–Crippen LogP) is 1.61. The Kier molecular flexibility index (Phi) is 5.16. The Balaban J connectivity index is 2.21. The second-order valence-electron chi connectivity index (χ2n) is 4.23. The molecular formula is C12H15BrFN5O. The summed E-state index contributed by atoms with van der Waals surface area (Å²) in [7, 11) is 1.64. The Bertz CT molecular complexity index is 589. The van der Waals surface area contributed by atoms with Gasteiger partial charge in [-0.25, -0.2) is 4.39 Å². The summed E-state index contributed by atoms with van der Waals surface area (Å²) in [6.45, 7) is 3.65. The van der Waals surface area contributed by atoms with Crippen molar-refractivity contribution in [2.45, 2.75) is 13.5 Å². The molecule has 2 aromatic rings. The zero-order valence-corrected chi connectivity index (χ0v) is 12.8. The Morgan fingerprint density at radius 3 is 3.00 bits per heavy atom. The first-order valence-electron chi connectivity index (χ1n) is 6.06. The number of ether oxygens (including phenoxy) is 1. The van der Waals surface area contributed by atoms with E-state index in [1.165, 1.54) is 10.7 Å². The van der Waals surface area contributed by atoms with Gasteiger partial charge in [0.1, 0.15) is 5.82 Å². The highest BCUT2D eigenvalue weighted by Crippen LogP contribution is 2.23. The SMILES string of the molecule is COCCNCc1nnnn1-c1cc(F)c(Br)cc1C. The molecule has 2 rings (SSSR count). The highest BCUT2D eigenvalue weighted by molar-refractivity contribution is 9.10. The van der Waals surface area contributed by atoms with Gasteiger partial charge in [-0.1, -0.05) is 0 Å². The maximum Gasteiger partial charge on any atom is 0.170 e. The summed E-state index contributed by atoms with van der Waals surface area (Å²) >= 11 is 3.16. The lowest BCUT2D eigenvalue weighted by Crippen LogP contribution is -2.21. The van der Waals surface area contributed by atoms with E-state index in [1.54, 1.807) is 13.2 Å². The van der Waals surface area contributed by atoms with Crippen molar-refractivity contribution in [2.75, 3.05) is 20.3 Å². The van der Waals surface area contributed by atoms with Crippen LogP contribution in [0.15, 0.2) is 16.6 Å². The van der Waals surface area contributed by atoms with E-state index < -0.39 is 0 Å². The smallest absolute Gasteiger partial charge is 0.170 e. The van der Waals surface area contributed by atoms with Crippen LogP contribution in [0, 0.1) is 12.7 Å². The van der Waals surface area contributed by atoms with Crippen LogP contribution in [-0.4, -0.2) is 40.5 Å². The fraction of sp³-hybridized carbons (Fsp3) is 0.417. The molecule has 1 N–H and O–H groups in total. The van der Waals surface area contributed by atoms with Crippen molar-refractivity contribution < 1.29 is 9.13 Å². The van der Waals surface area contributed by atoms with Crippen LogP contribution in [0.4, 0.5) is 4.39 Å². The van der Waals surface area contributed by atoms with Crippen LogP contribution in [0.5, 0.6) is 0 Å². The van der Waals surface area contributed by atoms with Crippen molar-refractivity contribution in [3.05, 3.63) is 33.8 Å². The number of nitrogens with one attached hydrogen (secondary N) is 1. The van der Waals surface area contributed by atoms with E-state index in [4.69, 9.17) is 4.74 Å². The summed E-state index contributed by atoms with van der Waals surface area (Å²) in [6.07, 6.45) is 0. The van der Waals surface area contributed by atoms with Gasteiger partial charge in [0.05, 0.1) is 23.3 Å². The molecule has 0 unspecified atom stereocenters. The second-order valence-corrected chi connectivity index (χ2v) is 5.08. The normalized spacial score (nSPS) is 11.0. The molecule has 0 saturated heterocycles. The molecule has 0 aliphatic heterocycles. The first kappa shape index (κ1) is 15.0. The minimum Gasteiger partial charge on any atom is -0.383 e. The van der Waals surface area contributed by atoms with Gasteiger partial charge < -0.3 is 10.1 Å². The molecular weight excluding hydrogens is 329 g/mol. The van der Waals surface area contributed by atoms with Crippen molar-refractivity contribution in [3.8, 4) is 5.69 Å². The predicted molar refractivity (Wildman–Crippen MR) is 75.1 cm³/mol. The fourth-order valence-corrected chi connectivity index (χ4v) is 2.20. The molecule has 0 aliphatic carbocycles. The number of benzene rings is 1. The number of tetrazole rings is 1. The van der Waals surface area contributed by atoms with Gasteiger partial charge in [-0.15, -0.1) is 5.10 Å². The van der Waals surface area contributed by atoms with Crippen LogP contribution in [-0.2, 0) is 11.3 Å². The Hall–Kier alpha value is -1.38. The van der Waals surface area contributed by atoms with Gasteiger partial charge in [0.15, 0.2) is 5.82 Å². The minimum absolute atomic E-state index is 0.348. The molecule has 8 heteroatoms. The summed E-state index contributed by atoms with van der Waals surface area (Å²) < 4.78 is 20.6. The Labute approximate surface area is 124 Å². The van der Waals surface area contributed by atoms with Crippen molar-refractivity contribution in [3.63, 3.8) is 0 Å². The van der Waals surface area contributed by atoms with E-state index in [0.29, 0.717) is 35.7 Å². The number of halogens is 2. The number of hydrogen-bond donors (Lipinski definition) is 1. The second kappa shape index (κ2) is 6.87. The van der Waals surface area contributed by atoms with Crippen molar-refractivity contribution in [1.29, 1.82) is 0 Å². The molecule has 1 heterocycles. The molecule has 0 atom stereocenters. The highest BCUT2D eigenvalue weighted by atomic mass is 79.9. The Morgan fingerprint density at radius 2 is 2.25 bits per heavy atom. The number of nitrogens with zero attached hydrogens (tertiary/aromatic N) is 4. The molecule has 0 radical (unpaired) electrons. The van der Waals surface area contributed by atoms with Crippen LogP contribution >= 0.6 is 15.9 Å². The molecule has 0 aliphatic rings. The van der Waals surface area contributed by atoms with E-state index in [0.717, 1.165) is 5.56 Å². The first-order valence-corrected chi connectivity index (χ1v) is 6.85. The van der Waals surface area contributed by atoms with Gasteiger partial charge in [0, 0.05) is 19.7 Å². The summed E-state index contributed by atoms with van der Waals surface area (Å²) in [5, 5.41) is 14.7. The van der Waals surface area contributed by atoms with Crippen molar-refractivity contribution in [2.24, 2.45) is 0 Å². The monoisotopic (exact) mass is 343 g/mol. The third-order valence-corrected chi connectivity index (χ3v) is 3.37. The first-order chi connectivity index (χ1) is 9.63. The molecule has 6 nitrogen and oxygen atoms in total. The van der Waals surface area contributed by atoms with Gasteiger partial charge in [0.2, 0.25) is 0 Å². The fourth-order valence-electron chi connectivity index (χ4n) is 1.74. The van der Waals surface area contributed by atoms with E-state index in [9.17, 15) is 4.39 Å². The zero-order valence-electron chi connectivity index (χ0n) is 11.2. The maximum absolute atomic E-state index is 13.7. The largest absolute Gasteiger partial charge is 0.383 e. The van der Waals surface area contributed by atoms with Crippen LogP contribution < -0.4 is 5.32 Å². The number of aromatic nitrogens is 4. The van der Waals surface area contributed by atoms with Crippen molar-refractivity contribution in [1.82, 2.24) is 25.5 Å². The molecule has 0 spiro atoms. The van der Waals surface area contributed by atoms with Gasteiger partial charge in [0.25, 0.3) is 0 Å². The topological polar surface area (TPSA) is 64.9 Å². The molecule has 20 heavy (non-hydrogen) atoms. The molecule has 0 fully saturated rings. The summed E-state index contributed by atoms with van der Waals surface area (Å²) in [5.41, 5.74) is 1.50. The van der Waals surface area contributed by atoms with E-state index in [2.05, 4.69) is 36.8 Å². The lowest BCUT2D eigenvalue weighted by Gasteiger charge is -2.09. The van der Waals surface area contributed by atoms with Gasteiger partial charge in [-0.2, -0.15) is 4.68 Å².